The minimum Gasteiger partial charge on any atom is -0.354 e. The third-order valence-electron chi connectivity index (χ3n) is 4.56. The highest BCUT2D eigenvalue weighted by molar-refractivity contribution is 5.44. The van der Waals surface area contributed by atoms with Crippen molar-refractivity contribution in [2.75, 3.05) is 31.1 Å². The van der Waals surface area contributed by atoms with Crippen LogP contribution in [0.4, 0.5) is 5.82 Å². The van der Waals surface area contributed by atoms with Gasteiger partial charge in [0.1, 0.15) is 12.1 Å². The van der Waals surface area contributed by atoms with Crippen LogP contribution < -0.4 is 4.90 Å². The molecule has 0 spiro atoms. The van der Waals surface area contributed by atoms with Crippen LogP contribution in [0.5, 0.6) is 0 Å². The lowest BCUT2D eigenvalue weighted by atomic mass is 10.3. The fraction of sp³-hybridized carbons (Fsp3) is 0.389. The largest absolute Gasteiger partial charge is 0.354 e. The summed E-state index contributed by atoms with van der Waals surface area (Å²) < 4.78 is 1.87. The second kappa shape index (κ2) is 7.17. The van der Waals surface area contributed by atoms with E-state index in [1.807, 2.05) is 36.9 Å². The lowest BCUT2D eigenvalue weighted by Gasteiger charge is -2.35. The number of aromatic nitrogens is 6. The molecule has 4 rings (SSSR count). The maximum absolute atomic E-state index is 4.51. The summed E-state index contributed by atoms with van der Waals surface area (Å²) in [5, 5.41) is 4.51. The molecule has 26 heavy (non-hydrogen) atoms. The topological polar surface area (TPSA) is 75.9 Å². The Morgan fingerprint density at radius 3 is 2.42 bits per heavy atom. The van der Waals surface area contributed by atoms with Gasteiger partial charge >= 0.3 is 0 Å². The highest BCUT2D eigenvalue weighted by Crippen LogP contribution is 2.17. The zero-order valence-electron chi connectivity index (χ0n) is 15.1. The Balaban J connectivity index is 1.43. The minimum atomic E-state index is 0.808. The number of piperazine rings is 1. The third-order valence-corrected chi connectivity index (χ3v) is 4.56. The van der Waals surface area contributed by atoms with Gasteiger partial charge in [-0.25, -0.2) is 14.6 Å². The van der Waals surface area contributed by atoms with E-state index in [1.165, 1.54) is 0 Å². The molecule has 0 atom stereocenters. The van der Waals surface area contributed by atoms with E-state index in [0.717, 1.165) is 61.4 Å². The van der Waals surface area contributed by atoms with Crippen LogP contribution in [0.3, 0.4) is 0 Å². The summed E-state index contributed by atoms with van der Waals surface area (Å²) >= 11 is 0. The number of nitrogens with zero attached hydrogens (tertiary/aromatic N) is 8. The van der Waals surface area contributed by atoms with Crippen LogP contribution in [0.25, 0.3) is 5.82 Å². The molecule has 8 nitrogen and oxygen atoms in total. The van der Waals surface area contributed by atoms with Crippen molar-refractivity contribution in [3.8, 4) is 5.82 Å². The molecule has 0 aliphatic carbocycles. The maximum atomic E-state index is 4.51. The normalized spacial score (nSPS) is 15.4. The highest BCUT2D eigenvalue weighted by Gasteiger charge is 2.19. The highest BCUT2D eigenvalue weighted by atomic mass is 15.3. The average Bonchev–Trinajstić information content (AvgIpc) is 3.01. The van der Waals surface area contributed by atoms with E-state index >= 15 is 0 Å². The molecule has 1 aliphatic rings. The molecule has 0 N–H and O–H groups in total. The number of rotatable bonds is 4. The molecule has 0 unspecified atom stereocenters. The summed E-state index contributed by atoms with van der Waals surface area (Å²) in [5.74, 6) is 1.75. The van der Waals surface area contributed by atoms with E-state index in [9.17, 15) is 0 Å². The molecule has 1 saturated heterocycles. The van der Waals surface area contributed by atoms with Crippen molar-refractivity contribution in [1.82, 2.24) is 34.6 Å². The van der Waals surface area contributed by atoms with E-state index in [2.05, 4.69) is 34.8 Å². The van der Waals surface area contributed by atoms with Crippen LogP contribution in [0, 0.1) is 13.8 Å². The fourth-order valence-electron chi connectivity index (χ4n) is 3.26. The molecule has 4 heterocycles. The predicted molar refractivity (Wildman–Crippen MR) is 98.2 cm³/mol. The molecular weight excluding hydrogens is 328 g/mol. The Morgan fingerprint density at radius 1 is 0.923 bits per heavy atom. The van der Waals surface area contributed by atoms with E-state index < -0.39 is 0 Å². The van der Waals surface area contributed by atoms with Gasteiger partial charge in [-0.3, -0.25) is 14.9 Å². The van der Waals surface area contributed by atoms with Gasteiger partial charge in [0.15, 0.2) is 5.82 Å². The minimum absolute atomic E-state index is 0.808. The zero-order valence-corrected chi connectivity index (χ0v) is 15.1. The molecule has 0 aromatic carbocycles. The van der Waals surface area contributed by atoms with Crippen molar-refractivity contribution in [1.29, 1.82) is 0 Å². The molecule has 1 aliphatic heterocycles. The molecule has 8 heteroatoms. The molecule has 0 bridgehead atoms. The SMILES string of the molecule is Cc1cc(C)n(-c2cc(N3CCN(Cc4cnccn4)CC3)ncn2)n1. The number of hydrogen-bond acceptors (Lipinski definition) is 7. The summed E-state index contributed by atoms with van der Waals surface area (Å²) in [6.45, 7) is 8.64. The third kappa shape index (κ3) is 3.55. The quantitative estimate of drug-likeness (QED) is 0.704. The Morgan fingerprint density at radius 2 is 1.73 bits per heavy atom. The fourth-order valence-corrected chi connectivity index (χ4v) is 3.26. The van der Waals surface area contributed by atoms with Crippen molar-refractivity contribution in [2.24, 2.45) is 0 Å². The van der Waals surface area contributed by atoms with Crippen LogP contribution in [0.1, 0.15) is 17.1 Å². The van der Waals surface area contributed by atoms with E-state index in [0.29, 0.717) is 0 Å². The zero-order chi connectivity index (χ0) is 17.9. The van der Waals surface area contributed by atoms with E-state index in [1.54, 1.807) is 18.7 Å². The standard InChI is InChI=1S/C18H22N8/c1-14-9-15(2)26(23-14)18-10-17(21-13-22-18)25-7-5-24(6-8-25)12-16-11-19-3-4-20-16/h3-4,9-11,13H,5-8,12H2,1-2H3. The molecule has 0 saturated carbocycles. The van der Waals surface area contributed by atoms with Crippen molar-refractivity contribution < 1.29 is 0 Å². The predicted octanol–water partition coefficient (Wildman–Crippen LogP) is 1.39. The number of hydrogen-bond donors (Lipinski definition) is 0. The molecule has 3 aromatic heterocycles. The van der Waals surface area contributed by atoms with Gasteiger partial charge in [0.05, 0.1) is 11.4 Å². The van der Waals surface area contributed by atoms with E-state index in [4.69, 9.17) is 0 Å². The van der Waals surface area contributed by atoms with E-state index in [-0.39, 0.29) is 0 Å². The summed E-state index contributed by atoms with van der Waals surface area (Å²) in [7, 11) is 0. The number of aryl methyl sites for hydroxylation is 2. The molecule has 0 amide bonds. The molecular formula is C18H22N8. The van der Waals surface area contributed by atoms with Crippen molar-refractivity contribution in [2.45, 2.75) is 20.4 Å². The van der Waals surface area contributed by atoms with Crippen LogP contribution in [0.15, 0.2) is 37.1 Å². The summed E-state index contributed by atoms with van der Waals surface area (Å²) in [6.07, 6.45) is 6.90. The van der Waals surface area contributed by atoms with Crippen LogP contribution in [0.2, 0.25) is 0 Å². The first-order chi connectivity index (χ1) is 12.7. The summed E-state index contributed by atoms with van der Waals surface area (Å²) in [4.78, 5) is 22.0. The van der Waals surface area contributed by atoms with Crippen molar-refractivity contribution in [3.63, 3.8) is 0 Å². The van der Waals surface area contributed by atoms with Gasteiger partial charge in [0.25, 0.3) is 0 Å². The Hall–Kier alpha value is -2.87. The van der Waals surface area contributed by atoms with Gasteiger partial charge in [-0.2, -0.15) is 5.10 Å². The first-order valence-corrected chi connectivity index (χ1v) is 8.77. The lowest BCUT2D eigenvalue weighted by molar-refractivity contribution is 0.246. The van der Waals surface area contributed by atoms with Gasteiger partial charge in [0, 0.05) is 63.1 Å². The molecule has 134 valence electrons. The number of anilines is 1. The van der Waals surface area contributed by atoms with Crippen LogP contribution >= 0.6 is 0 Å². The Kier molecular flexibility index (Phi) is 4.57. The Bertz CT molecular complexity index is 868. The van der Waals surface area contributed by atoms with Crippen LogP contribution in [-0.2, 0) is 6.54 Å². The summed E-state index contributed by atoms with van der Waals surface area (Å²) in [5.41, 5.74) is 3.07. The van der Waals surface area contributed by atoms with Crippen molar-refractivity contribution in [3.05, 3.63) is 54.1 Å². The summed E-state index contributed by atoms with van der Waals surface area (Å²) in [6, 6.07) is 4.06. The second-order valence-electron chi connectivity index (χ2n) is 6.53. The smallest absolute Gasteiger partial charge is 0.159 e. The first kappa shape index (κ1) is 16.6. The average molecular weight is 350 g/mol. The second-order valence-corrected chi connectivity index (χ2v) is 6.53. The lowest BCUT2D eigenvalue weighted by Crippen LogP contribution is -2.46. The monoisotopic (exact) mass is 350 g/mol. The van der Waals surface area contributed by atoms with Gasteiger partial charge in [-0.1, -0.05) is 0 Å². The van der Waals surface area contributed by atoms with Gasteiger partial charge in [-0.15, -0.1) is 0 Å². The van der Waals surface area contributed by atoms with Crippen LogP contribution in [-0.4, -0.2) is 60.8 Å². The first-order valence-electron chi connectivity index (χ1n) is 8.77. The molecule has 0 radical (unpaired) electrons. The van der Waals surface area contributed by atoms with Gasteiger partial charge in [-0.05, 0) is 19.9 Å². The van der Waals surface area contributed by atoms with Gasteiger partial charge in [0.2, 0.25) is 0 Å². The molecule has 3 aromatic rings. The van der Waals surface area contributed by atoms with Crippen molar-refractivity contribution >= 4 is 5.82 Å². The maximum Gasteiger partial charge on any atom is 0.159 e. The molecule has 1 fully saturated rings. The Labute approximate surface area is 152 Å². The van der Waals surface area contributed by atoms with Gasteiger partial charge < -0.3 is 4.90 Å².